The van der Waals surface area contributed by atoms with Gasteiger partial charge in [0, 0.05) is 24.0 Å². The van der Waals surface area contributed by atoms with E-state index in [1.165, 1.54) is 16.7 Å². The van der Waals surface area contributed by atoms with E-state index in [2.05, 4.69) is 58.0 Å². The molecule has 0 bridgehead atoms. The van der Waals surface area contributed by atoms with Crippen LogP contribution in [0.4, 0.5) is 0 Å². The summed E-state index contributed by atoms with van der Waals surface area (Å²) in [5.41, 5.74) is 11.4. The van der Waals surface area contributed by atoms with Gasteiger partial charge in [-0.15, -0.1) is 0 Å². The fourth-order valence-electron chi connectivity index (χ4n) is 3.05. The van der Waals surface area contributed by atoms with Gasteiger partial charge in [0.25, 0.3) is 0 Å². The molecule has 6 nitrogen and oxygen atoms in total. The minimum atomic E-state index is -0.00185. The van der Waals surface area contributed by atoms with Gasteiger partial charge in [0.2, 0.25) is 11.7 Å². The van der Waals surface area contributed by atoms with Crippen LogP contribution in [0.1, 0.15) is 41.1 Å². The predicted molar refractivity (Wildman–Crippen MR) is 89.8 cm³/mol. The lowest BCUT2D eigenvalue weighted by Gasteiger charge is -2.13. The van der Waals surface area contributed by atoms with Crippen molar-refractivity contribution in [1.29, 1.82) is 0 Å². The average Bonchev–Trinajstić information content (AvgIpc) is 3.27. The van der Waals surface area contributed by atoms with Gasteiger partial charge in [-0.05, 0) is 43.5 Å². The Bertz CT molecular complexity index is 846. The summed E-state index contributed by atoms with van der Waals surface area (Å²) in [6, 6.07) is 10.5. The first-order valence-corrected chi connectivity index (χ1v) is 8.03. The van der Waals surface area contributed by atoms with Crippen molar-refractivity contribution < 1.29 is 4.52 Å². The van der Waals surface area contributed by atoms with Crippen molar-refractivity contribution in [3.63, 3.8) is 0 Å². The average molecular weight is 321 g/mol. The molecule has 3 heterocycles. The molecule has 0 spiro atoms. The van der Waals surface area contributed by atoms with Gasteiger partial charge in [0.1, 0.15) is 6.04 Å². The van der Waals surface area contributed by atoms with Crippen molar-refractivity contribution in [1.82, 2.24) is 26.0 Å². The minimum absolute atomic E-state index is 0.00185. The SMILES string of the molecule is Cc1ccc(C)c(C2CC(c3nc(-c4ccncc4)no3)NN2)c1. The molecule has 0 amide bonds. The van der Waals surface area contributed by atoms with Crippen LogP contribution in [-0.2, 0) is 0 Å². The molecule has 1 aliphatic heterocycles. The molecular formula is C18H19N5O. The van der Waals surface area contributed by atoms with Crippen LogP contribution >= 0.6 is 0 Å². The van der Waals surface area contributed by atoms with Crippen LogP contribution in [0.25, 0.3) is 11.4 Å². The molecule has 0 radical (unpaired) electrons. The number of pyridine rings is 1. The van der Waals surface area contributed by atoms with Crippen LogP contribution in [0, 0.1) is 13.8 Å². The van der Waals surface area contributed by atoms with Gasteiger partial charge in [0.05, 0.1) is 0 Å². The van der Waals surface area contributed by atoms with Gasteiger partial charge in [-0.1, -0.05) is 28.9 Å². The predicted octanol–water partition coefficient (Wildman–Crippen LogP) is 3.03. The molecule has 122 valence electrons. The van der Waals surface area contributed by atoms with E-state index in [9.17, 15) is 0 Å². The standard InChI is InChI=1S/C18H19N5O/c1-11-3-4-12(2)14(9-11)15-10-16(22-21-15)18-20-17(23-24-18)13-5-7-19-8-6-13/h3-9,15-16,21-22H,10H2,1-2H3. The Kier molecular flexibility index (Phi) is 3.84. The van der Waals surface area contributed by atoms with Crippen molar-refractivity contribution >= 4 is 0 Å². The Hall–Kier alpha value is -2.57. The number of rotatable bonds is 3. The Morgan fingerprint density at radius 1 is 1.04 bits per heavy atom. The second-order valence-electron chi connectivity index (χ2n) is 6.18. The van der Waals surface area contributed by atoms with Crippen LogP contribution < -0.4 is 10.9 Å². The van der Waals surface area contributed by atoms with Gasteiger partial charge in [-0.25, -0.2) is 10.9 Å². The Balaban J connectivity index is 1.53. The maximum Gasteiger partial charge on any atom is 0.245 e. The molecule has 4 rings (SSSR count). The van der Waals surface area contributed by atoms with Crippen molar-refractivity contribution in [2.24, 2.45) is 0 Å². The smallest absolute Gasteiger partial charge is 0.245 e. The largest absolute Gasteiger partial charge is 0.337 e. The lowest BCUT2D eigenvalue weighted by Crippen LogP contribution is -2.27. The highest BCUT2D eigenvalue weighted by atomic mass is 16.5. The van der Waals surface area contributed by atoms with E-state index in [4.69, 9.17) is 4.52 Å². The molecule has 2 unspecified atom stereocenters. The normalized spacial score (nSPS) is 20.4. The van der Waals surface area contributed by atoms with Crippen LogP contribution in [0.2, 0.25) is 0 Å². The molecule has 0 aliphatic carbocycles. The Morgan fingerprint density at radius 2 is 1.83 bits per heavy atom. The molecule has 2 N–H and O–H groups in total. The quantitative estimate of drug-likeness (QED) is 0.772. The lowest BCUT2D eigenvalue weighted by atomic mass is 9.96. The summed E-state index contributed by atoms with van der Waals surface area (Å²) in [7, 11) is 0. The van der Waals surface area contributed by atoms with Crippen LogP contribution in [0.15, 0.2) is 47.2 Å². The number of hydrogen-bond acceptors (Lipinski definition) is 6. The zero-order chi connectivity index (χ0) is 16.5. The number of aromatic nitrogens is 3. The summed E-state index contributed by atoms with van der Waals surface area (Å²) in [6.07, 6.45) is 4.30. The van der Waals surface area contributed by atoms with Crippen molar-refractivity contribution in [3.05, 3.63) is 65.3 Å². The number of benzene rings is 1. The van der Waals surface area contributed by atoms with E-state index in [-0.39, 0.29) is 12.1 Å². The van der Waals surface area contributed by atoms with Crippen molar-refractivity contribution in [2.45, 2.75) is 32.4 Å². The topological polar surface area (TPSA) is 75.9 Å². The number of hydrogen-bond donors (Lipinski definition) is 2. The maximum atomic E-state index is 5.46. The van der Waals surface area contributed by atoms with E-state index in [1.54, 1.807) is 12.4 Å². The van der Waals surface area contributed by atoms with Crippen molar-refractivity contribution in [2.75, 3.05) is 0 Å². The van der Waals surface area contributed by atoms with Gasteiger partial charge < -0.3 is 4.52 Å². The van der Waals surface area contributed by atoms with Crippen LogP contribution in [0.5, 0.6) is 0 Å². The Labute approximate surface area is 140 Å². The summed E-state index contributed by atoms with van der Waals surface area (Å²) >= 11 is 0. The summed E-state index contributed by atoms with van der Waals surface area (Å²) in [6.45, 7) is 4.25. The van der Waals surface area contributed by atoms with E-state index in [0.29, 0.717) is 11.7 Å². The van der Waals surface area contributed by atoms with Gasteiger partial charge >= 0.3 is 0 Å². The highest BCUT2D eigenvalue weighted by Gasteiger charge is 2.31. The minimum Gasteiger partial charge on any atom is -0.337 e. The molecule has 6 heteroatoms. The lowest BCUT2D eigenvalue weighted by molar-refractivity contribution is 0.340. The first-order valence-electron chi connectivity index (χ1n) is 8.03. The van der Waals surface area contributed by atoms with Crippen LogP contribution in [-0.4, -0.2) is 15.1 Å². The van der Waals surface area contributed by atoms with Gasteiger partial charge in [0.15, 0.2) is 0 Å². The van der Waals surface area contributed by atoms with E-state index < -0.39 is 0 Å². The summed E-state index contributed by atoms with van der Waals surface area (Å²) in [4.78, 5) is 8.53. The van der Waals surface area contributed by atoms with E-state index in [0.717, 1.165) is 12.0 Å². The molecule has 1 aromatic carbocycles. The highest BCUT2D eigenvalue weighted by molar-refractivity contribution is 5.52. The molecule has 1 aliphatic rings. The van der Waals surface area contributed by atoms with Gasteiger partial charge in [-0.2, -0.15) is 4.98 Å². The first kappa shape index (κ1) is 15.0. The van der Waals surface area contributed by atoms with E-state index in [1.807, 2.05) is 12.1 Å². The molecule has 3 aromatic rings. The fourth-order valence-corrected chi connectivity index (χ4v) is 3.05. The second-order valence-corrected chi connectivity index (χ2v) is 6.18. The molecule has 1 saturated heterocycles. The van der Waals surface area contributed by atoms with Crippen LogP contribution in [0.3, 0.4) is 0 Å². The number of nitrogens with zero attached hydrogens (tertiary/aromatic N) is 3. The molecular weight excluding hydrogens is 302 g/mol. The second kappa shape index (κ2) is 6.14. The third-order valence-corrected chi connectivity index (χ3v) is 4.39. The zero-order valence-electron chi connectivity index (χ0n) is 13.7. The third kappa shape index (κ3) is 2.81. The number of aryl methyl sites for hydroxylation is 2. The maximum absolute atomic E-state index is 5.46. The zero-order valence-corrected chi connectivity index (χ0v) is 13.7. The molecule has 0 saturated carbocycles. The molecule has 2 aromatic heterocycles. The van der Waals surface area contributed by atoms with E-state index >= 15 is 0 Å². The molecule has 2 atom stereocenters. The number of hydrazine groups is 1. The summed E-state index contributed by atoms with van der Waals surface area (Å²) in [5, 5.41) is 4.08. The highest BCUT2D eigenvalue weighted by Crippen LogP contribution is 2.32. The monoisotopic (exact) mass is 321 g/mol. The molecule has 24 heavy (non-hydrogen) atoms. The summed E-state index contributed by atoms with van der Waals surface area (Å²) < 4.78 is 5.46. The summed E-state index contributed by atoms with van der Waals surface area (Å²) in [5.74, 6) is 1.19. The fraction of sp³-hybridized carbons (Fsp3) is 0.278. The Morgan fingerprint density at radius 3 is 2.67 bits per heavy atom. The van der Waals surface area contributed by atoms with Crippen molar-refractivity contribution in [3.8, 4) is 11.4 Å². The van der Waals surface area contributed by atoms with Gasteiger partial charge in [-0.3, -0.25) is 4.98 Å². The molecule has 1 fully saturated rings. The third-order valence-electron chi connectivity index (χ3n) is 4.39. The first-order chi connectivity index (χ1) is 11.7. The number of nitrogens with one attached hydrogen (secondary N) is 2.